The number of amides is 2. The zero-order valence-electron chi connectivity index (χ0n) is 9.78. The van der Waals surface area contributed by atoms with Gasteiger partial charge in [0.25, 0.3) is 0 Å². The van der Waals surface area contributed by atoms with Gasteiger partial charge in [-0.05, 0) is 25.7 Å². The van der Waals surface area contributed by atoms with E-state index in [0.29, 0.717) is 32.3 Å². The highest BCUT2D eigenvalue weighted by Gasteiger charge is 2.27. The van der Waals surface area contributed by atoms with Crippen LogP contribution in [0.15, 0.2) is 0 Å². The van der Waals surface area contributed by atoms with Crippen LogP contribution in [-0.4, -0.2) is 30.6 Å². The number of primary amides is 1. The summed E-state index contributed by atoms with van der Waals surface area (Å²) < 4.78 is 5.22. The second-order valence-electron chi connectivity index (χ2n) is 4.06. The summed E-state index contributed by atoms with van der Waals surface area (Å²) in [5.74, 6) is 1.69. The fourth-order valence-corrected chi connectivity index (χ4v) is 1.74. The van der Waals surface area contributed by atoms with Crippen molar-refractivity contribution in [1.82, 2.24) is 5.32 Å². The Hall–Kier alpha value is -1.54. The molecular formula is C12H18N2O3. The van der Waals surface area contributed by atoms with Crippen molar-refractivity contribution in [2.45, 2.75) is 44.2 Å². The molecule has 1 fully saturated rings. The molecule has 0 bridgehead atoms. The number of terminal acetylenes is 1. The Kier molecular flexibility index (Phi) is 5.50. The van der Waals surface area contributed by atoms with E-state index in [2.05, 4.69) is 11.2 Å². The molecule has 1 aliphatic heterocycles. The van der Waals surface area contributed by atoms with Gasteiger partial charge in [-0.1, -0.05) is 0 Å². The number of carbonyl (C=O) groups is 2. The molecule has 0 spiro atoms. The summed E-state index contributed by atoms with van der Waals surface area (Å²) >= 11 is 0. The molecule has 1 rings (SSSR count). The monoisotopic (exact) mass is 238 g/mol. The van der Waals surface area contributed by atoms with Crippen LogP contribution in [0.5, 0.6) is 0 Å². The van der Waals surface area contributed by atoms with E-state index in [1.54, 1.807) is 0 Å². The number of nitrogens with two attached hydrogens (primary N) is 1. The summed E-state index contributed by atoms with van der Waals surface area (Å²) in [4.78, 5) is 22.9. The molecule has 1 aliphatic rings. The molecule has 5 nitrogen and oxygen atoms in total. The van der Waals surface area contributed by atoms with Crippen LogP contribution in [0.25, 0.3) is 0 Å². The van der Waals surface area contributed by atoms with Gasteiger partial charge in [0, 0.05) is 13.0 Å². The summed E-state index contributed by atoms with van der Waals surface area (Å²) in [6.07, 6.45) is 7.95. The van der Waals surface area contributed by atoms with Gasteiger partial charge < -0.3 is 15.8 Å². The van der Waals surface area contributed by atoms with Crippen LogP contribution in [0.4, 0.5) is 0 Å². The van der Waals surface area contributed by atoms with Crippen molar-refractivity contribution in [2.24, 2.45) is 5.73 Å². The highest BCUT2D eigenvalue weighted by molar-refractivity contribution is 5.88. The average Bonchev–Trinajstić information content (AvgIpc) is 2.81. The third-order valence-corrected chi connectivity index (χ3v) is 2.70. The normalized spacial score (nSPS) is 20.5. The minimum atomic E-state index is -0.653. The molecule has 1 heterocycles. The van der Waals surface area contributed by atoms with E-state index < -0.39 is 18.1 Å². The van der Waals surface area contributed by atoms with Crippen LogP contribution in [0.1, 0.15) is 32.1 Å². The van der Waals surface area contributed by atoms with Crippen LogP contribution >= 0.6 is 0 Å². The molecule has 0 aromatic rings. The molecule has 0 saturated carbocycles. The van der Waals surface area contributed by atoms with Gasteiger partial charge in [0.05, 0.1) is 0 Å². The summed E-state index contributed by atoms with van der Waals surface area (Å²) in [5, 5.41) is 2.61. The lowest BCUT2D eigenvalue weighted by molar-refractivity contribution is -0.133. The average molecular weight is 238 g/mol. The maximum atomic E-state index is 11.7. The van der Waals surface area contributed by atoms with E-state index in [0.717, 1.165) is 6.42 Å². The van der Waals surface area contributed by atoms with Crippen molar-refractivity contribution in [2.75, 3.05) is 6.61 Å². The first kappa shape index (κ1) is 13.5. The Morgan fingerprint density at radius 3 is 2.88 bits per heavy atom. The van der Waals surface area contributed by atoms with Gasteiger partial charge in [0.1, 0.15) is 12.1 Å². The van der Waals surface area contributed by atoms with Crippen molar-refractivity contribution < 1.29 is 14.3 Å². The maximum absolute atomic E-state index is 11.7. The number of hydrogen-bond acceptors (Lipinski definition) is 3. The smallest absolute Gasteiger partial charge is 0.249 e. The van der Waals surface area contributed by atoms with Crippen molar-refractivity contribution >= 4 is 11.8 Å². The number of hydrogen-bond donors (Lipinski definition) is 2. The number of ether oxygens (including phenoxy) is 1. The zero-order valence-corrected chi connectivity index (χ0v) is 9.78. The van der Waals surface area contributed by atoms with E-state index in [-0.39, 0.29) is 5.91 Å². The molecule has 3 N–H and O–H groups in total. The first-order valence-electron chi connectivity index (χ1n) is 5.80. The highest BCUT2D eigenvalue weighted by atomic mass is 16.5. The molecule has 5 heteroatoms. The molecule has 0 aromatic carbocycles. The third-order valence-electron chi connectivity index (χ3n) is 2.70. The Balaban J connectivity index is 2.40. The molecule has 0 aliphatic carbocycles. The van der Waals surface area contributed by atoms with Crippen molar-refractivity contribution in [3.8, 4) is 12.3 Å². The van der Waals surface area contributed by atoms with Gasteiger partial charge in [0.2, 0.25) is 11.8 Å². The van der Waals surface area contributed by atoms with Gasteiger partial charge in [-0.15, -0.1) is 12.3 Å². The highest BCUT2D eigenvalue weighted by Crippen LogP contribution is 2.12. The maximum Gasteiger partial charge on any atom is 0.249 e. The van der Waals surface area contributed by atoms with Crippen LogP contribution in [0.3, 0.4) is 0 Å². The summed E-state index contributed by atoms with van der Waals surface area (Å²) in [6.45, 7) is 0.594. The minimum absolute atomic E-state index is 0.257. The predicted molar refractivity (Wildman–Crippen MR) is 62.8 cm³/mol. The lowest BCUT2D eigenvalue weighted by atomic mass is 10.1. The second kappa shape index (κ2) is 6.92. The van der Waals surface area contributed by atoms with E-state index >= 15 is 0 Å². The van der Waals surface area contributed by atoms with E-state index in [1.807, 2.05) is 0 Å². The van der Waals surface area contributed by atoms with E-state index in [9.17, 15) is 9.59 Å². The molecule has 94 valence electrons. The number of rotatable bonds is 6. The molecule has 17 heavy (non-hydrogen) atoms. The van der Waals surface area contributed by atoms with Gasteiger partial charge in [-0.2, -0.15) is 0 Å². The van der Waals surface area contributed by atoms with Crippen molar-refractivity contribution in [3.05, 3.63) is 0 Å². The van der Waals surface area contributed by atoms with Crippen LogP contribution in [-0.2, 0) is 14.3 Å². The Morgan fingerprint density at radius 1 is 1.59 bits per heavy atom. The quantitative estimate of drug-likeness (QED) is 0.502. The largest absolute Gasteiger partial charge is 0.368 e. The number of unbranched alkanes of at least 4 members (excludes halogenated alkanes) is 1. The SMILES string of the molecule is C#CCCC[C@@H](NC(=O)[C@H]1CCCO1)C(N)=O. The third kappa shape index (κ3) is 4.45. The van der Waals surface area contributed by atoms with E-state index in [1.165, 1.54) is 0 Å². The fraction of sp³-hybridized carbons (Fsp3) is 0.667. The van der Waals surface area contributed by atoms with Crippen LogP contribution in [0.2, 0.25) is 0 Å². The Labute approximate surface area is 101 Å². The molecule has 1 saturated heterocycles. The van der Waals surface area contributed by atoms with Gasteiger partial charge in [-0.3, -0.25) is 9.59 Å². The molecule has 0 unspecified atom stereocenters. The van der Waals surface area contributed by atoms with Crippen molar-refractivity contribution in [1.29, 1.82) is 0 Å². The van der Waals surface area contributed by atoms with Crippen LogP contribution in [0, 0.1) is 12.3 Å². The van der Waals surface area contributed by atoms with E-state index in [4.69, 9.17) is 16.9 Å². The first-order valence-corrected chi connectivity index (χ1v) is 5.80. The summed E-state index contributed by atoms with van der Waals surface area (Å²) in [6, 6.07) is -0.653. The predicted octanol–water partition coefficient (Wildman–Crippen LogP) is -0.0610. The molecule has 2 amide bonds. The summed E-state index contributed by atoms with van der Waals surface area (Å²) in [5.41, 5.74) is 5.22. The van der Waals surface area contributed by atoms with Crippen molar-refractivity contribution in [3.63, 3.8) is 0 Å². The van der Waals surface area contributed by atoms with Gasteiger partial charge in [-0.25, -0.2) is 0 Å². The Morgan fingerprint density at radius 2 is 2.35 bits per heavy atom. The lowest BCUT2D eigenvalue weighted by Gasteiger charge is -2.17. The van der Waals surface area contributed by atoms with Gasteiger partial charge in [0.15, 0.2) is 0 Å². The molecule has 0 radical (unpaired) electrons. The standard InChI is InChI=1S/C12H18N2O3/c1-2-3-4-6-9(11(13)15)14-12(16)10-7-5-8-17-10/h1,9-10H,3-8H2,(H2,13,15)(H,14,16)/t9-,10-/m1/s1. The second-order valence-corrected chi connectivity index (χ2v) is 4.06. The van der Waals surface area contributed by atoms with Gasteiger partial charge >= 0.3 is 0 Å². The zero-order chi connectivity index (χ0) is 12.7. The molecule has 0 aromatic heterocycles. The first-order chi connectivity index (χ1) is 8.15. The lowest BCUT2D eigenvalue weighted by Crippen LogP contribution is -2.47. The van der Waals surface area contributed by atoms with Crippen LogP contribution < -0.4 is 11.1 Å². The Bertz CT molecular complexity index is 316. The fourth-order valence-electron chi connectivity index (χ4n) is 1.74. The summed E-state index contributed by atoms with van der Waals surface area (Å²) in [7, 11) is 0. The molecule has 2 atom stereocenters. The molecular weight excluding hydrogens is 220 g/mol. The number of carbonyl (C=O) groups excluding carboxylic acids is 2. The number of nitrogens with one attached hydrogen (secondary N) is 1. The minimum Gasteiger partial charge on any atom is -0.368 e. The topological polar surface area (TPSA) is 81.4 Å².